The molecule has 2 aromatic carbocycles. The predicted molar refractivity (Wildman–Crippen MR) is 89.5 cm³/mol. The predicted octanol–water partition coefficient (Wildman–Crippen LogP) is 5.78. The second-order valence-corrected chi connectivity index (χ2v) is 6.06. The normalized spacial score (nSPS) is 11.0. The van der Waals surface area contributed by atoms with Crippen LogP contribution in [-0.4, -0.2) is 13.2 Å². The standard InChI is InChI=1S/C18H15F3O2S/c1-3-22-12-8-6-11(15(19)16(12)20)14-9-10-5-7-13(23-4-2)17(21)18(10)24-14/h5-9H,3-4H2,1-2H3. The lowest BCUT2D eigenvalue weighted by Gasteiger charge is -2.07. The number of benzene rings is 2. The van der Waals surface area contributed by atoms with E-state index in [2.05, 4.69) is 0 Å². The van der Waals surface area contributed by atoms with Crippen LogP contribution in [0.3, 0.4) is 0 Å². The number of hydrogen-bond acceptors (Lipinski definition) is 3. The molecule has 3 rings (SSSR count). The van der Waals surface area contributed by atoms with Crippen LogP contribution in [-0.2, 0) is 0 Å². The van der Waals surface area contributed by atoms with Gasteiger partial charge in [0.2, 0.25) is 5.82 Å². The van der Waals surface area contributed by atoms with Gasteiger partial charge in [-0.05, 0) is 49.6 Å². The maximum absolute atomic E-state index is 14.4. The molecule has 0 spiro atoms. The zero-order valence-electron chi connectivity index (χ0n) is 13.2. The monoisotopic (exact) mass is 352 g/mol. The Hall–Kier alpha value is -2.21. The molecule has 0 N–H and O–H groups in total. The molecule has 0 saturated heterocycles. The van der Waals surface area contributed by atoms with Crippen molar-refractivity contribution in [2.45, 2.75) is 13.8 Å². The van der Waals surface area contributed by atoms with E-state index >= 15 is 0 Å². The first-order chi connectivity index (χ1) is 11.6. The van der Waals surface area contributed by atoms with E-state index in [9.17, 15) is 13.2 Å². The van der Waals surface area contributed by atoms with Crippen LogP contribution >= 0.6 is 11.3 Å². The van der Waals surface area contributed by atoms with Crippen LogP contribution in [0.25, 0.3) is 20.5 Å². The molecule has 3 aromatic rings. The zero-order chi connectivity index (χ0) is 17.3. The number of ether oxygens (including phenoxy) is 2. The van der Waals surface area contributed by atoms with Gasteiger partial charge in [0.25, 0.3) is 0 Å². The summed E-state index contributed by atoms with van der Waals surface area (Å²) in [6.45, 7) is 4.04. The molecule has 126 valence electrons. The van der Waals surface area contributed by atoms with Gasteiger partial charge in [-0.2, -0.15) is 4.39 Å². The molecule has 0 amide bonds. The van der Waals surface area contributed by atoms with Crippen molar-refractivity contribution in [3.63, 3.8) is 0 Å². The second-order valence-electron chi connectivity index (χ2n) is 5.01. The zero-order valence-corrected chi connectivity index (χ0v) is 14.0. The van der Waals surface area contributed by atoms with Crippen LogP contribution in [0.2, 0.25) is 0 Å². The SMILES string of the molecule is CCOc1ccc(-c2cc3ccc(OCC)c(F)c3s2)c(F)c1F. The van der Waals surface area contributed by atoms with Crippen LogP contribution in [0.15, 0.2) is 30.3 Å². The second kappa shape index (κ2) is 6.73. The van der Waals surface area contributed by atoms with Gasteiger partial charge in [-0.15, -0.1) is 11.3 Å². The lowest BCUT2D eigenvalue weighted by Crippen LogP contribution is -1.98. The van der Waals surface area contributed by atoms with Crippen molar-refractivity contribution in [1.82, 2.24) is 0 Å². The summed E-state index contributed by atoms with van der Waals surface area (Å²) < 4.78 is 53.4. The third-order valence-electron chi connectivity index (χ3n) is 3.50. The minimum Gasteiger partial charge on any atom is -0.491 e. The minimum absolute atomic E-state index is 0.0783. The van der Waals surface area contributed by atoms with E-state index in [1.165, 1.54) is 18.2 Å². The van der Waals surface area contributed by atoms with E-state index < -0.39 is 17.5 Å². The van der Waals surface area contributed by atoms with Crippen molar-refractivity contribution in [3.05, 3.63) is 47.8 Å². The number of hydrogen-bond donors (Lipinski definition) is 0. The Bertz CT molecular complexity index is 890. The lowest BCUT2D eigenvalue weighted by molar-refractivity contribution is 0.314. The molecule has 0 aliphatic carbocycles. The summed E-state index contributed by atoms with van der Waals surface area (Å²) in [7, 11) is 0. The van der Waals surface area contributed by atoms with Gasteiger partial charge in [-0.1, -0.05) is 0 Å². The first-order valence-electron chi connectivity index (χ1n) is 7.52. The summed E-state index contributed by atoms with van der Waals surface area (Å²) in [5.41, 5.74) is 0.0783. The fraction of sp³-hybridized carbons (Fsp3) is 0.222. The number of rotatable bonds is 5. The highest BCUT2D eigenvalue weighted by Gasteiger charge is 2.19. The molecule has 6 heteroatoms. The summed E-state index contributed by atoms with van der Waals surface area (Å²) in [4.78, 5) is 0.442. The van der Waals surface area contributed by atoms with Crippen molar-refractivity contribution < 1.29 is 22.6 Å². The Labute approximate surface area is 141 Å². The average Bonchev–Trinajstić information content (AvgIpc) is 3.00. The highest BCUT2D eigenvalue weighted by Crippen LogP contribution is 2.40. The smallest absolute Gasteiger partial charge is 0.201 e. The first kappa shape index (κ1) is 16.6. The van der Waals surface area contributed by atoms with Crippen LogP contribution in [0, 0.1) is 17.5 Å². The summed E-state index contributed by atoms with van der Waals surface area (Å²) in [5.74, 6) is -2.51. The molecule has 24 heavy (non-hydrogen) atoms. The fourth-order valence-electron chi connectivity index (χ4n) is 2.44. The molecule has 0 aliphatic heterocycles. The van der Waals surface area contributed by atoms with Gasteiger partial charge in [-0.3, -0.25) is 0 Å². The molecule has 0 radical (unpaired) electrons. The molecule has 2 nitrogen and oxygen atoms in total. The highest BCUT2D eigenvalue weighted by atomic mass is 32.1. The molecule has 0 aliphatic rings. The van der Waals surface area contributed by atoms with Gasteiger partial charge < -0.3 is 9.47 Å². The Morgan fingerprint density at radius 3 is 2.12 bits per heavy atom. The van der Waals surface area contributed by atoms with Gasteiger partial charge in [0, 0.05) is 10.4 Å². The average molecular weight is 352 g/mol. The van der Waals surface area contributed by atoms with Crippen molar-refractivity contribution in [3.8, 4) is 21.9 Å². The molecule has 0 bridgehead atoms. The third kappa shape index (κ3) is 2.82. The Morgan fingerprint density at radius 2 is 1.46 bits per heavy atom. The van der Waals surface area contributed by atoms with Crippen LogP contribution < -0.4 is 9.47 Å². The van der Waals surface area contributed by atoms with Crippen molar-refractivity contribution in [2.75, 3.05) is 13.2 Å². The quantitative estimate of drug-likeness (QED) is 0.579. The third-order valence-corrected chi connectivity index (χ3v) is 4.68. The number of halogens is 3. The van der Waals surface area contributed by atoms with Gasteiger partial charge in [0.15, 0.2) is 23.1 Å². The number of fused-ring (bicyclic) bond motifs is 1. The Balaban J connectivity index is 2.10. The Morgan fingerprint density at radius 1 is 0.833 bits per heavy atom. The largest absolute Gasteiger partial charge is 0.491 e. The maximum Gasteiger partial charge on any atom is 0.201 e. The van der Waals surface area contributed by atoms with E-state index in [0.717, 1.165) is 11.3 Å². The summed E-state index contributed by atoms with van der Waals surface area (Å²) in [6, 6.07) is 7.69. The van der Waals surface area contributed by atoms with Crippen LogP contribution in [0.4, 0.5) is 13.2 Å². The highest BCUT2D eigenvalue weighted by molar-refractivity contribution is 7.22. The maximum atomic E-state index is 14.4. The molecular formula is C18H15F3O2S. The van der Waals surface area contributed by atoms with Crippen molar-refractivity contribution in [2.24, 2.45) is 0 Å². The van der Waals surface area contributed by atoms with E-state index in [-0.39, 0.29) is 23.7 Å². The molecular weight excluding hydrogens is 337 g/mol. The minimum atomic E-state index is -1.04. The van der Waals surface area contributed by atoms with Gasteiger partial charge in [0.1, 0.15) is 0 Å². The molecule has 1 aromatic heterocycles. The van der Waals surface area contributed by atoms with Crippen molar-refractivity contribution >= 4 is 21.4 Å². The summed E-state index contributed by atoms with van der Waals surface area (Å²) in [6.07, 6.45) is 0. The van der Waals surface area contributed by atoms with E-state index in [1.807, 2.05) is 0 Å². The molecule has 0 saturated carbocycles. The van der Waals surface area contributed by atoms with Crippen LogP contribution in [0.5, 0.6) is 11.5 Å². The van der Waals surface area contributed by atoms with Gasteiger partial charge >= 0.3 is 0 Å². The molecule has 0 unspecified atom stereocenters. The van der Waals surface area contributed by atoms with E-state index in [0.29, 0.717) is 21.6 Å². The molecule has 0 atom stereocenters. The van der Waals surface area contributed by atoms with E-state index in [4.69, 9.17) is 9.47 Å². The number of thiophene rings is 1. The lowest BCUT2D eigenvalue weighted by atomic mass is 10.1. The summed E-state index contributed by atoms with van der Waals surface area (Å²) >= 11 is 1.06. The summed E-state index contributed by atoms with van der Waals surface area (Å²) in [5, 5.41) is 0.615. The Kier molecular flexibility index (Phi) is 4.66. The van der Waals surface area contributed by atoms with Gasteiger partial charge in [0.05, 0.1) is 17.9 Å². The first-order valence-corrected chi connectivity index (χ1v) is 8.34. The van der Waals surface area contributed by atoms with Crippen molar-refractivity contribution in [1.29, 1.82) is 0 Å². The van der Waals surface area contributed by atoms with Crippen LogP contribution in [0.1, 0.15) is 13.8 Å². The molecule has 1 heterocycles. The fourth-order valence-corrected chi connectivity index (χ4v) is 3.55. The molecule has 0 fully saturated rings. The van der Waals surface area contributed by atoms with E-state index in [1.54, 1.807) is 26.0 Å². The van der Waals surface area contributed by atoms with Gasteiger partial charge in [-0.25, -0.2) is 8.78 Å². The topological polar surface area (TPSA) is 18.5 Å².